The maximum atomic E-state index is 4.58. The summed E-state index contributed by atoms with van der Waals surface area (Å²) in [6, 6.07) is 77.4. The molecule has 0 amide bonds. The van der Waals surface area contributed by atoms with E-state index in [9.17, 15) is 0 Å². The Hall–Kier alpha value is -10.7. The van der Waals surface area contributed by atoms with Gasteiger partial charge in [-0.3, -0.25) is 0 Å². The van der Waals surface area contributed by atoms with Gasteiger partial charge in [-0.2, -0.15) is 0 Å². The van der Waals surface area contributed by atoms with Crippen molar-refractivity contribution in [1.29, 1.82) is 0 Å². The molecule has 0 saturated carbocycles. The molecule has 0 unspecified atom stereocenters. The van der Waals surface area contributed by atoms with Gasteiger partial charge in [-0.1, -0.05) is 122 Å². The smallest absolute Gasteiger partial charge is 0.162 e. The summed E-state index contributed by atoms with van der Waals surface area (Å²) in [6.07, 6.45) is 9.44. The number of hydrogen-bond donors (Lipinski definition) is 0. The van der Waals surface area contributed by atoms with Crippen molar-refractivity contribution >= 4 is 142 Å². The van der Waals surface area contributed by atoms with Gasteiger partial charge in [0.15, 0.2) is 5.82 Å². The predicted octanol–water partition coefficient (Wildman–Crippen LogP) is 17.5. The molecule has 0 fully saturated rings. The maximum absolute atomic E-state index is 4.58. The monoisotopic (exact) mass is 1020 g/mol. The summed E-state index contributed by atoms with van der Waals surface area (Å²) in [6.45, 7) is 6.34. The first-order valence-corrected chi connectivity index (χ1v) is 27.3. The third-order valence-electron chi connectivity index (χ3n) is 17.5. The Labute approximate surface area is 456 Å². The Morgan fingerprint density at radius 2 is 0.787 bits per heavy atom. The molecule has 0 aliphatic carbocycles. The highest BCUT2D eigenvalue weighted by molar-refractivity contribution is 6.28. The summed E-state index contributed by atoms with van der Waals surface area (Å²) >= 11 is 0. The summed E-state index contributed by atoms with van der Waals surface area (Å²) in [7, 11) is 0. The van der Waals surface area contributed by atoms with Crippen molar-refractivity contribution in [2.75, 3.05) is 0 Å². The molecule has 0 saturated heterocycles. The average Bonchev–Trinajstić information content (AvgIpc) is 4.44. The Kier molecular flexibility index (Phi) is 8.65. The predicted molar refractivity (Wildman–Crippen MR) is 336 cm³/mol. The van der Waals surface area contributed by atoms with E-state index in [0.29, 0.717) is 5.82 Å². The minimum Gasteiger partial charge on any atom is -0.309 e. The molecule has 0 atom stereocenters. The van der Waals surface area contributed by atoms with Crippen LogP contribution in [-0.2, 0) is 0 Å². The van der Waals surface area contributed by atoms with Crippen molar-refractivity contribution in [3.05, 3.63) is 242 Å². The lowest BCUT2D eigenvalue weighted by Crippen LogP contribution is -2.27. The minimum absolute atomic E-state index is 0.667. The fourth-order valence-electron chi connectivity index (χ4n) is 13.9. The van der Waals surface area contributed by atoms with Gasteiger partial charge in [0.25, 0.3) is 0 Å². The van der Waals surface area contributed by atoms with Gasteiger partial charge >= 0.3 is 0 Å². The number of hydrogen-bond acceptors (Lipinski definition) is 3. The minimum atomic E-state index is 0.667. The van der Waals surface area contributed by atoms with E-state index in [2.05, 4.69) is 260 Å². The summed E-state index contributed by atoms with van der Waals surface area (Å²) in [4.78, 5) is 13.3. The lowest BCUT2D eigenvalue weighted by atomic mass is 9.97. The van der Waals surface area contributed by atoms with Gasteiger partial charge < -0.3 is 13.4 Å². The van der Waals surface area contributed by atoms with E-state index < -0.39 is 0 Å². The molecule has 0 spiro atoms. The van der Waals surface area contributed by atoms with Gasteiger partial charge in [0, 0.05) is 64.9 Å². The second-order valence-electron chi connectivity index (χ2n) is 21.7. The Balaban J connectivity index is 0.773. The highest BCUT2D eigenvalue weighted by atomic mass is 15.0. The van der Waals surface area contributed by atoms with E-state index in [-0.39, 0.29) is 0 Å². The van der Waals surface area contributed by atoms with Gasteiger partial charge in [-0.25, -0.2) is 15.0 Å². The van der Waals surface area contributed by atoms with Crippen LogP contribution in [0.15, 0.2) is 232 Å². The quantitative estimate of drug-likeness (QED) is 0.173. The molecule has 18 aromatic rings. The molecule has 12 aromatic carbocycles. The molecule has 0 radical (unpaired) electrons. The average molecular weight is 1020 g/mol. The van der Waals surface area contributed by atoms with Crippen LogP contribution in [0.3, 0.4) is 0 Å². The molecule has 6 aromatic heterocycles. The van der Waals surface area contributed by atoms with E-state index >= 15 is 0 Å². The molecule has 6 heterocycles. The standard InChI is InChI=1S/C74H44N6/c1-3-11-66-56(4-2)57-30-50(49-18-19-51-31-61-65-35-54(74-76-40-75-41-77-74)34-64-60-29-45-14-7-10-17-48(45)38-70(60)80(73(64)65)71(61)39-52(51)26-49)22-25-67(57)78(66)55-23-20-42(21-24-55)53-32-62-58-27-43-12-5-8-15-46(43)36-68(58)79-69-37-47-16-9-6-13-44(47)28-59(69)63(33-53)72(62)79/h3-41H,1H2,2H3/b56-4-,66-11+. The molecule has 0 N–H and O–H groups in total. The summed E-state index contributed by atoms with van der Waals surface area (Å²) in [5.74, 6) is 0.667. The Morgan fingerprint density at radius 3 is 1.29 bits per heavy atom. The first kappa shape index (κ1) is 43.4. The van der Waals surface area contributed by atoms with Crippen molar-refractivity contribution in [3.8, 4) is 39.3 Å². The highest BCUT2D eigenvalue weighted by Crippen LogP contribution is 2.46. The Bertz CT molecular complexity index is 5740. The third-order valence-corrected chi connectivity index (χ3v) is 17.5. The van der Waals surface area contributed by atoms with Crippen molar-refractivity contribution in [2.45, 2.75) is 6.92 Å². The van der Waals surface area contributed by atoms with Crippen molar-refractivity contribution in [1.82, 2.24) is 28.3 Å². The van der Waals surface area contributed by atoms with Crippen LogP contribution in [0.4, 0.5) is 0 Å². The van der Waals surface area contributed by atoms with E-state index in [1.54, 1.807) is 12.7 Å². The van der Waals surface area contributed by atoms with Gasteiger partial charge in [-0.05, 0) is 181 Å². The fourth-order valence-corrected chi connectivity index (χ4v) is 13.9. The molecule has 18 rings (SSSR count). The SMILES string of the molecule is C=C/C=c1\c(=C/C)c2cc(-c3ccc4cc5c6cc(-c7ncncn7)cc7c8cc9ccccc9cc8n(c5cc4c3)c76)ccc2n1-c1ccc(-c2cc3c4cc5ccccc5cc4n4c5cc6ccccc6cc5c(c2)c34)cc1. The van der Waals surface area contributed by atoms with Crippen molar-refractivity contribution in [2.24, 2.45) is 0 Å². The third kappa shape index (κ3) is 5.94. The number of nitrogens with zero attached hydrogens (tertiary/aromatic N) is 6. The lowest BCUT2D eigenvalue weighted by Gasteiger charge is -2.10. The summed E-state index contributed by atoms with van der Waals surface area (Å²) in [5.41, 5.74) is 15.3. The molecule has 80 heavy (non-hydrogen) atoms. The Morgan fingerprint density at radius 1 is 0.362 bits per heavy atom. The van der Waals surface area contributed by atoms with E-state index in [1.165, 1.54) is 152 Å². The zero-order valence-electron chi connectivity index (χ0n) is 43.4. The molecule has 6 nitrogen and oxygen atoms in total. The van der Waals surface area contributed by atoms with E-state index in [4.69, 9.17) is 0 Å². The van der Waals surface area contributed by atoms with Gasteiger partial charge in [0.2, 0.25) is 0 Å². The highest BCUT2D eigenvalue weighted by Gasteiger charge is 2.23. The molecular weight excluding hydrogens is 973 g/mol. The number of aromatic nitrogens is 6. The molecule has 6 heteroatoms. The number of benzene rings is 12. The van der Waals surface area contributed by atoms with Crippen LogP contribution in [0.2, 0.25) is 0 Å². The van der Waals surface area contributed by atoms with Crippen LogP contribution < -0.4 is 10.6 Å². The molecular formula is C74H44N6. The molecule has 370 valence electrons. The van der Waals surface area contributed by atoms with E-state index in [0.717, 1.165) is 22.1 Å². The number of rotatable bonds is 5. The number of allylic oxidation sites excluding steroid dienone is 1. The lowest BCUT2D eigenvalue weighted by molar-refractivity contribution is 1.06. The molecule has 0 aliphatic heterocycles. The second-order valence-corrected chi connectivity index (χ2v) is 21.7. The zero-order valence-corrected chi connectivity index (χ0v) is 43.4. The van der Waals surface area contributed by atoms with Gasteiger partial charge in [-0.15, -0.1) is 0 Å². The van der Waals surface area contributed by atoms with Crippen molar-refractivity contribution in [3.63, 3.8) is 0 Å². The summed E-state index contributed by atoms with van der Waals surface area (Å²) in [5, 5.41) is 23.2. The van der Waals surface area contributed by atoms with Crippen LogP contribution >= 0.6 is 0 Å². The fraction of sp³-hybridized carbons (Fsp3) is 0.0135. The molecule has 0 bridgehead atoms. The normalized spacial score (nSPS) is 13.0. The van der Waals surface area contributed by atoms with Crippen LogP contribution in [0.1, 0.15) is 6.92 Å². The zero-order chi connectivity index (χ0) is 52.5. The van der Waals surface area contributed by atoms with Gasteiger partial charge in [0.05, 0.1) is 44.0 Å². The molecule has 0 aliphatic rings. The van der Waals surface area contributed by atoms with Crippen LogP contribution in [0, 0.1) is 0 Å². The first-order valence-electron chi connectivity index (χ1n) is 27.3. The maximum Gasteiger partial charge on any atom is 0.162 e. The number of fused-ring (bicyclic) bond motifs is 17. The van der Waals surface area contributed by atoms with Gasteiger partial charge in [0.1, 0.15) is 12.7 Å². The second kappa shape index (κ2) is 15.9. The first-order chi connectivity index (χ1) is 39.5. The topological polar surface area (TPSA) is 52.4 Å². The van der Waals surface area contributed by atoms with E-state index in [1.807, 2.05) is 6.08 Å². The van der Waals surface area contributed by atoms with Crippen LogP contribution in [0.5, 0.6) is 0 Å². The van der Waals surface area contributed by atoms with Crippen LogP contribution in [-0.4, -0.2) is 28.3 Å². The largest absolute Gasteiger partial charge is 0.309 e. The van der Waals surface area contributed by atoms with Crippen LogP contribution in [0.25, 0.3) is 182 Å². The van der Waals surface area contributed by atoms with Crippen molar-refractivity contribution < 1.29 is 0 Å². The summed E-state index contributed by atoms with van der Waals surface area (Å²) < 4.78 is 7.37.